The zero-order valence-electron chi connectivity index (χ0n) is 9.50. The summed E-state index contributed by atoms with van der Waals surface area (Å²) < 4.78 is 0. The van der Waals surface area contributed by atoms with Gasteiger partial charge in [0.05, 0.1) is 21.5 Å². The Morgan fingerprint density at radius 3 is 2.42 bits per heavy atom. The molecule has 0 aliphatic rings. The van der Waals surface area contributed by atoms with Crippen molar-refractivity contribution < 1.29 is 14.8 Å². The lowest BCUT2D eigenvalue weighted by Gasteiger charge is -2.08. The van der Waals surface area contributed by atoms with E-state index in [4.69, 9.17) is 11.6 Å². The quantitative estimate of drug-likeness (QED) is 0.636. The molecule has 5 nitrogen and oxygen atoms in total. The summed E-state index contributed by atoms with van der Waals surface area (Å²) in [6, 6.07) is 10.2. The Balaban J connectivity index is 2.57. The normalized spacial score (nSPS) is 10.2. The summed E-state index contributed by atoms with van der Waals surface area (Å²) in [5.41, 5.74) is 0.630. The number of halogens is 1. The molecule has 19 heavy (non-hydrogen) atoms. The lowest BCUT2D eigenvalue weighted by Crippen LogP contribution is -2.22. The number of rotatable bonds is 3. The summed E-state index contributed by atoms with van der Waals surface area (Å²) in [4.78, 5) is 21.2. The van der Waals surface area contributed by atoms with Crippen molar-refractivity contribution in [2.75, 3.05) is 0 Å². The number of carboxylic acids is 1. The van der Waals surface area contributed by atoms with Crippen molar-refractivity contribution in [2.45, 2.75) is 0 Å². The number of nitrogens with zero attached hydrogens (tertiary/aromatic N) is 1. The minimum atomic E-state index is -1.39. The topological polar surface area (TPSA) is 83.3 Å². The van der Waals surface area contributed by atoms with E-state index in [0.717, 1.165) is 0 Å². The maximum Gasteiger partial charge on any atom is 0.277 e. The van der Waals surface area contributed by atoms with Crippen LogP contribution in [0.4, 0.5) is 5.69 Å². The van der Waals surface area contributed by atoms with Crippen LogP contribution in [0.15, 0.2) is 42.5 Å². The summed E-state index contributed by atoms with van der Waals surface area (Å²) in [6.45, 7) is 0. The molecule has 2 rings (SSSR count). The van der Waals surface area contributed by atoms with Crippen LogP contribution in [0.5, 0.6) is 0 Å². The molecule has 0 unspecified atom stereocenters. The highest BCUT2D eigenvalue weighted by atomic mass is 35.5. The molecule has 0 amide bonds. The first kappa shape index (κ1) is 13.0. The first-order valence-corrected chi connectivity index (χ1v) is 5.63. The Hall–Kier alpha value is -2.40. The fourth-order valence-electron chi connectivity index (χ4n) is 1.73. The highest BCUT2D eigenvalue weighted by molar-refractivity contribution is 6.33. The number of carboxylic acid groups (broad SMARTS) is 1. The number of aromatic carboxylic acids is 1. The third kappa shape index (κ3) is 2.56. The Morgan fingerprint density at radius 1 is 1.16 bits per heavy atom. The van der Waals surface area contributed by atoms with Crippen LogP contribution < -0.4 is 5.11 Å². The van der Waals surface area contributed by atoms with Crippen LogP contribution in [0.2, 0.25) is 5.02 Å². The van der Waals surface area contributed by atoms with Crippen molar-refractivity contribution in [1.29, 1.82) is 0 Å². The summed E-state index contributed by atoms with van der Waals surface area (Å²) in [6.07, 6.45) is 0. The van der Waals surface area contributed by atoms with Gasteiger partial charge >= 0.3 is 0 Å². The van der Waals surface area contributed by atoms with Gasteiger partial charge < -0.3 is 9.90 Å². The Bertz CT molecular complexity index is 669. The molecule has 0 saturated heterocycles. The maximum absolute atomic E-state index is 10.9. The molecule has 0 aromatic heterocycles. The molecule has 0 aliphatic heterocycles. The van der Waals surface area contributed by atoms with Gasteiger partial charge in [0.25, 0.3) is 5.69 Å². The highest BCUT2D eigenvalue weighted by Crippen LogP contribution is 2.31. The number of carbonyl (C=O) groups is 1. The van der Waals surface area contributed by atoms with E-state index >= 15 is 0 Å². The first-order valence-electron chi connectivity index (χ1n) is 5.25. The van der Waals surface area contributed by atoms with Gasteiger partial charge in [-0.05, 0) is 17.7 Å². The number of benzene rings is 2. The molecule has 0 radical (unpaired) electrons. The average molecular weight is 277 g/mol. The molecule has 2 aromatic carbocycles. The number of nitro benzene ring substituents is 1. The predicted molar refractivity (Wildman–Crippen MR) is 67.9 cm³/mol. The molecule has 96 valence electrons. The van der Waals surface area contributed by atoms with E-state index in [1.807, 2.05) is 0 Å². The highest BCUT2D eigenvalue weighted by Gasteiger charge is 2.15. The van der Waals surface area contributed by atoms with Gasteiger partial charge in [0.2, 0.25) is 0 Å². The molecular formula is C13H7ClNO4-. The molecular weight excluding hydrogens is 270 g/mol. The van der Waals surface area contributed by atoms with Crippen LogP contribution in [-0.4, -0.2) is 10.9 Å². The number of hydrogen-bond acceptors (Lipinski definition) is 4. The SMILES string of the molecule is O=C([O-])c1ccc(-c2ccccc2[N+](=O)[O-])cc1Cl. The summed E-state index contributed by atoms with van der Waals surface area (Å²) in [7, 11) is 0. The van der Waals surface area contributed by atoms with Crippen LogP contribution in [0.1, 0.15) is 10.4 Å². The molecule has 0 spiro atoms. The number of carbonyl (C=O) groups excluding carboxylic acids is 1. The van der Waals surface area contributed by atoms with Gasteiger partial charge in [-0.15, -0.1) is 0 Å². The molecule has 6 heteroatoms. The number of nitro groups is 1. The molecule has 2 aromatic rings. The fraction of sp³-hybridized carbons (Fsp3) is 0. The second-order valence-corrected chi connectivity index (χ2v) is 4.16. The van der Waals surface area contributed by atoms with Crippen LogP contribution in [0, 0.1) is 10.1 Å². The Kier molecular flexibility index (Phi) is 3.48. The number of hydrogen-bond donors (Lipinski definition) is 0. The zero-order valence-corrected chi connectivity index (χ0v) is 10.3. The van der Waals surface area contributed by atoms with Crippen molar-refractivity contribution >= 4 is 23.3 Å². The monoisotopic (exact) mass is 276 g/mol. The van der Waals surface area contributed by atoms with Crippen LogP contribution >= 0.6 is 11.6 Å². The minimum Gasteiger partial charge on any atom is -0.545 e. The maximum atomic E-state index is 10.9. The van der Waals surface area contributed by atoms with Gasteiger partial charge in [0, 0.05) is 11.6 Å². The molecule has 0 atom stereocenters. The Labute approximate surface area is 113 Å². The fourth-order valence-corrected chi connectivity index (χ4v) is 1.98. The van der Waals surface area contributed by atoms with Crippen molar-refractivity contribution in [3.63, 3.8) is 0 Å². The third-order valence-electron chi connectivity index (χ3n) is 2.60. The van der Waals surface area contributed by atoms with Crippen molar-refractivity contribution in [2.24, 2.45) is 0 Å². The lowest BCUT2D eigenvalue weighted by molar-refractivity contribution is -0.384. The lowest BCUT2D eigenvalue weighted by atomic mass is 10.0. The van der Waals surface area contributed by atoms with Gasteiger partial charge in [0.15, 0.2) is 0 Å². The van der Waals surface area contributed by atoms with Crippen molar-refractivity contribution in [3.8, 4) is 11.1 Å². The van der Waals surface area contributed by atoms with Crippen molar-refractivity contribution in [3.05, 3.63) is 63.2 Å². The van der Waals surface area contributed by atoms with Crippen LogP contribution in [0.3, 0.4) is 0 Å². The van der Waals surface area contributed by atoms with Crippen molar-refractivity contribution in [1.82, 2.24) is 0 Å². The van der Waals surface area contributed by atoms with E-state index in [2.05, 4.69) is 0 Å². The molecule has 0 heterocycles. The second-order valence-electron chi connectivity index (χ2n) is 3.76. The number of para-hydroxylation sites is 1. The van der Waals surface area contributed by atoms with Crippen LogP contribution in [0.25, 0.3) is 11.1 Å². The standard InChI is InChI=1S/C13H8ClNO4/c14-11-7-8(5-6-10(11)13(16)17)9-3-1-2-4-12(9)15(18)19/h1-7H,(H,16,17)/p-1. The third-order valence-corrected chi connectivity index (χ3v) is 2.91. The Morgan fingerprint density at radius 2 is 1.84 bits per heavy atom. The summed E-state index contributed by atoms with van der Waals surface area (Å²) in [5, 5.41) is 21.6. The van der Waals surface area contributed by atoms with E-state index in [1.54, 1.807) is 18.2 Å². The molecule has 0 fully saturated rings. The van der Waals surface area contributed by atoms with Gasteiger partial charge in [-0.1, -0.05) is 35.9 Å². The largest absolute Gasteiger partial charge is 0.545 e. The van der Waals surface area contributed by atoms with E-state index in [1.165, 1.54) is 24.3 Å². The van der Waals surface area contributed by atoms with Gasteiger partial charge in [-0.25, -0.2) is 0 Å². The molecule has 0 N–H and O–H groups in total. The minimum absolute atomic E-state index is 0.0179. The average Bonchev–Trinajstić information content (AvgIpc) is 2.38. The van der Waals surface area contributed by atoms with Crippen LogP contribution in [-0.2, 0) is 0 Å². The van der Waals surface area contributed by atoms with Gasteiger partial charge in [0.1, 0.15) is 0 Å². The van der Waals surface area contributed by atoms with E-state index in [0.29, 0.717) is 11.1 Å². The van der Waals surface area contributed by atoms with Gasteiger partial charge in [-0.2, -0.15) is 0 Å². The van der Waals surface area contributed by atoms with E-state index < -0.39 is 10.9 Å². The second kappa shape index (κ2) is 5.07. The molecule has 0 aliphatic carbocycles. The van der Waals surface area contributed by atoms with E-state index in [-0.39, 0.29) is 16.3 Å². The molecule has 0 saturated carbocycles. The van der Waals surface area contributed by atoms with E-state index in [9.17, 15) is 20.0 Å². The molecule has 0 bridgehead atoms. The summed E-state index contributed by atoms with van der Waals surface area (Å²) in [5.74, 6) is -1.39. The summed E-state index contributed by atoms with van der Waals surface area (Å²) >= 11 is 5.82. The predicted octanol–water partition coefficient (Wildman–Crippen LogP) is 2.28. The smallest absolute Gasteiger partial charge is 0.277 e. The zero-order chi connectivity index (χ0) is 14.0. The van der Waals surface area contributed by atoms with Gasteiger partial charge in [-0.3, -0.25) is 10.1 Å². The first-order chi connectivity index (χ1) is 9.00.